The molecule has 0 spiro atoms. The molecule has 23 heavy (non-hydrogen) atoms. The van der Waals surface area contributed by atoms with Crippen LogP contribution in [-0.2, 0) is 19.1 Å². The van der Waals surface area contributed by atoms with Gasteiger partial charge in [0.1, 0.15) is 0 Å². The second-order valence-electron chi connectivity index (χ2n) is 8.08. The molecule has 126 valence electrons. The maximum atomic E-state index is 12.7. The number of rotatable bonds is 3. The minimum Gasteiger partial charge on any atom is -0.455 e. The smallest absolute Gasteiger partial charge is 0.312 e. The van der Waals surface area contributed by atoms with Gasteiger partial charge in [0.15, 0.2) is 6.61 Å². The lowest BCUT2D eigenvalue weighted by molar-refractivity contribution is -0.197. The molecule has 0 aromatic heterocycles. The number of hydrogen-bond acceptors (Lipinski definition) is 5. The molecule has 6 heteroatoms. The van der Waals surface area contributed by atoms with E-state index in [1.165, 1.54) is 4.90 Å². The number of esters is 1. The van der Waals surface area contributed by atoms with E-state index >= 15 is 0 Å². The van der Waals surface area contributed by atoms with Crippen LogP contribution in [0.1, 0.15) is 51.4 Å². The van der Waals surface area contributed by atoms with Crippen LogP contribution in [0.2, 0.25) is 0 Å². The molecule has 6 nitrogen and oxygen atoms in total. The van der Waals surface area contributed by atoms with Crippen LogP contribution in [0.4, 0.5) is 0 Å². The predicted octanol–water partition coefficient (Wildman–Crippen LogP) is 1.01. The minimum absolute atomic E-state index is 0.185. The molecule has 5 aliphatic rings. The van der Waals surface area contributed by atoms with E-state index in [9.17, 15) is 19.5 Å². The van der Waals surface area contributed by atoms with Crippen molar-refractivity contribution in [3.05, 3.63) is 0 Å². The Morgan fingerprint density at radius 2 is 1.91 bits per heavy atom. The molecule has 2 unspecified atom stereocenters. The van der Waals surface area contributed by atoms with E-state index in [0.717, 1.165) is 32.1 Å². The second kappa shape index (κ2) is 5.03. The molecule has 5 fully saturated rings. The summed E-state index contributed by atoms with van der Waals surface area (Å²) in [7, 11) is 0. The fourth-order valence-corrected chi connectivity index (χ4v) is 5.72. The highest BCUT2D eigenvalue weighted by Crippen LogP contribution is 2.61. The fourth-order valence-electron chi connectivity index (χ4n) is 5.72. The van der Waals surface area contributed by atoms with Gasteiger partial charge in [-0.3, -0.25) is 19.3 Å². The van der Waals surface area contributed by atoms with Crippen LogP contribution in [0, 0.1) is 17.3 Å². The van der Waals surface area contributed by atoms with Crippen LogP contribution >= 0.6 is 0 Å². The van der Waals surface area contributed by atoms with E-state index in [4.69, 9.17) is 4.74 Å². The van der Waals surface area contributed by atoms with Crippen LogP contribution < -0.4 is 0 Å². The molecular weight excluding hydrogens is 298 g/mol. The quantitative estimate of drug-likeness (QED) is 0.784. The summed E-state index contributed by atoms with van der Waals surface area (Å²) in [6.45, 7) is 0.0599. The Bertz CT molecular complexity index is 557. The average molecular weight is 321 g/mol. The number of likely N-dealkylation sites (tertiary alicyclic amines) is 1. The molecule has 4 saturated carbocycles. The van der Waals surface area contributed by atoms with Crippen molar-refractivity contribution in [1.82, 2.24) is 4.90 Å². The highest BCUT2D eigenvalue weighted by Gasteiger charge is 2.61. The van der Waals surface area contributed by atoms with Crippen molar-refractivity contribution in [2.24, 2.45) is 17.3 Å². The standard InChI is InChI=1S/C17H23NO5/c19-13-2-1-3-18(13)14(20)9-23-15(21)16-5-11-4-12(6-16)8-17(22,7-11)10-16/h11-12,22H,1-10H2. The van der Waals surface area contributed by atoms with E-state index in [0.29, 0.717) is 37.6 Å². The Labute approximate surface area is 135 Å². The van der Waals surface area contributed by atoms with Crippen molar-refractivity contribution in [2.75, 3.05) is 13.2 Å². The largest absolute Gasteiger partial charge is 0.455 e. The van der Waals surface area contributed by atoms with Crippen molar-refractivity contribution in [3.63, 3.8) is 0 Å². The van der Waals surface area contributed by atoms with Crippen molar-refractivity contribution in [2.45, 2.75) is 57.0 Å². The van der Waals surface area contributed by atoms with Gasteiger partial charge in [0, 0.05) is 13.0 Å². The lowest BCUT2D eigenvalue weighted by Gasteiger charge is -2.58. The molecule has 1 heterocycles. The Balaban J connectivity index is 1.41. The van der Waals surface area contributed by atoms with Gasteiger partial charge in [-0.15, -0.1) is 0 Å². The second-order valence-corrected chi connectivity index (χ2v) is 8.08. The number of hydrogen-bond donors (Lipinski definition) is 1. The van der Waals surface area contributed by atoms with Gasteiger partial charge in [-0.1, -0.05) is 0 Å². The summed E-state index contributed by atoms with van der Waals surface area (Å²) in [6.07, 6.45) is 5.74. The molecule has 0 aromatic rings. The molecule has 5 rings (SSSR count). The summed E-state index contributed by atoms with van der Waals surface area (Å²) < 4.78 is 5.30. The molecular formula is C17H23NO5. The Hall–Kier alpha value is -1.43. The molecule has 4 bridgehead atoms. The van der Waals surface area contributed by atoms with Crippen LogP contribution in [-0.4, -0.2) is 46.5 Å². The van der Waals surface area contributed by atoms with Gasteiger partial charge in [0.05, 0.1) is 11.0 Å². The highest BCUT2D eigenvalue weighted by molar-refractivity contribution is 5.97. The Morgan fingerprint density at radius 1 is 1.22 bits per heavy atom. The van der Waals surface area contributed by atoms with Crippen molar-refractivity contribution in [3.8, 4) is 0 Å². The summed E-state index contributed by atoms with van der Waals surface area (Å²) in [5, 5.41) is 10.7. The van der Waals surface area contributed by atoms with Gasteiger partial charge in [0.25, 0.3) is 5.91 Å². The van der Waals surface area contributed by atoms with Gasteiger partial charge in [-0.25, -0.2) is 0 Å². The Kier molecular flexibility index (Phi) is 3.31. The first kappa shape index (κ1) is 15.1. The zero-order valence-electron chi connectivity index (χ0n) is 13.3. The third-order valence-electron chi connectivity index (χ3n) is 6.16. The summed E-state index contributed by atoms with van der Waals surface area (Å²) >= 11 is 0. The molecule has 1 aliphatic heterocycles. The molecule has 0 aromatic carbocycles. The number of ether oxygens (including phenoxy) is 1. The van der Waals surface area contributed by atoms with Crippen LogP contribution in [0.15, 0.2) is 0 Å². The maximum absolute atomic E-state index is 12.7. The monoisotopic (exact) mass is 321 g/mol. The van der Waals surface area contributed by atoms with Gasteiger partial charge >= 0.3 is 5.97 Å². The zero-order chi connectivity index (χ0) is 16.2. The third kappa shape index (κ3) is 2.47. The summed E-state index contributed by atoms with van der Waals surface area (Å²) in [4.78, 5) is 37.4. The molecule has 2 atom stereocenters. The Morgan fingerprint density at radius 3 is 2.48 bits per heavy atom. The van der Waals surface area contributed by atoms with Crippen molar-refractivity contribution >= 4 is 17.8 Å². The van der Waals surface area contributed by atoms with Gasteiger partial charge in [-0.2, -0.15) is 0 Å². The van der Waals surface area contributed by atoms with Gasteiger partial charge < -0.3 is 9.84 Å². The first-order chi connectivity index (χ1) is 10.9. The summed E-state index contributed by atoms with van der Waals surface area (Å²) in [5.41, 5.74) is -1.34. The fraction of sp³-hybridized carbons (Fsp3) is 0.824. The number of amides is 2. The predicted molar refractivity (Wildman–Crippen MR) is 79.0 cm³/mol. The summed E-state index contributed by atoms with van der Waals surface area (Å²) in [6, 6.07) is 0. The van der Waals surface area contributed by atoms with E-state index in [-0.39, 0.29) is 18.5 Å². The molecule has 2 amide bonds. The first-order valence-electron chi connectivity index (χ1n) is 8.62. The van der Waals surface area contributed by atoms with E-state index in [2.05, 4.69) is 0 Å². The van der Waals surface area contributed by atoms with Gasteiger partial charge in [0.2, 0.25) is 5.91 Å². The lowest BCUT2D eigenvalue weighted by atomic mass is 9.48. The lowest BCUT2D eigenvalue weighted by Crippen LogP contribution is -2.58. The van der Waals surface area contributed by atoms with Crippen molar-refractivity contribution in [1.29, 1.82) is 0 Å². The average Bonchev–Trinajstić information content (AvgIpc) is 2.88. The first-order valence-corrected chi connectivity index (χ1v) is 8.62. The topological polar surface area (TPSA) is 83.9 Å². The molecule has 4 aliphatic carbocycles. The van der Waals surface area contributed by atoms with E-state index in [1.807, 2.05) is 0 Å². The zero-order valence-corrected chi connectivity index (χ0v) is 13.3. The van der Waals surface area contributed by atoms with E-state index < -0.39 is 16.9 Å². The number of imide groups is 1. The number of carbonyl (C=O) groups is 3. The van der Waals surface area contributed by atoms with Crippen molar-refractivity contribution < 1.29 is 24.2 Å². The van der Waals surface area contributed by atoms with Gasteiger partial charge in [-0.05, 0) is 56.8 Å². The summed E-state index contributed by atoms with van der Waals surface area (Å²) in [5.74, 6) is -0.182. The van der Waals surface area contributed by atoms with Crippen LogP contribution in [0.25, 0.3) is 0 Å². The third-order valence-corrected chi connectivity index (χ3v) is 6.16. The van der Waals surface area contributed by atoms with E-state index in [1.54, 1.807) is 0 Å². The van der Waals surface area contributed by atoms with Crippen LogP contribution in [0.5, 0.6) is 0 Å². The van der Waals surface area contributed by atoms with Crippen LogP contribution in [0.3, 0.4) is 0 Å². The molecule has 0 radical (unpaired) electrons. The SMILES string of the molecule is O=C1CCCN1C(=O)COC(=O)C12CC3CC(CC(O)(C3)C1)C2. The minimum atomic E-state index is -0.724. The molecule has 1 saturated heterocycles. The number of aliphatic hydroxyl groups is 1. The number of nitrogens with zero attached hydrogens (tertiary/aromatic N) is 1. The highest BCUT2D eigenvalue weighted by atomic mass is 16.5. The normalized spacial score (nSPS) is 41.4. The number of carbonyl (C=O) groups excluding carboxylic acids is 3. The maximum Gasteiger partial charge on any atom is 0.312 e. The molecule has 1 N–H and O–H groups in total.